The molecule has 0 radical (unpaired) electrons. The molecule has 2 aromatic heterocycles. The van der Waals surface area contributed by atoms with E-state index in [1.165, 1.54) is 6.20 Å². The molecule has 6 nitrogen and oxygen atoms in total. The van der Waals surface area contributed by atoms with Crippen LogP contribution in [0, 0.1) is 0 Å². The minimum absolute atomic E-state index is 0.0895. The SMILES string of the molecule is CC(C)c1ncc(Cl)c(C(=O)Nc2nc3cc(Cl)ccc3n2C)n1. The van der Waals surface area contributed by atoms with Gasteiger partial charge < -0.3 is 4.57 Å². The first-order valence-electron chi connectivity index (χ1n) is 7.32. The van der Waals surface area contributed by atoms with Crippen LogP contribution in [0.5, 0.6) is 0 Å². The molecular formula is C16H15Cl2N5O. The summed E-state index contributed by atoms with van der Waals surface area (Å²) in [6, 6.07) is 5.35. The third-order valence-corrected chi connectivity index (χ3v) is 4.07. The highest BCUT2D eigenvalue weighted by Gasteiger charge is 2.18. The Balaban J connectivity index is 1.95. The molecule has 0 spiro atoms. The summed E-state index contributed by atoms with van der Waals surface area (Å²) >= 11 is 12.0. The van der Waals surface area contributed by atoms with Crippen LogP contribution in [-0.4, -0.2) is 25.4 Å². The zero-order valence-electron chi connectivity index (χ0n) is 13.3. The number of carbonyl (C=O) groups is 1. The molecule has 1 N–H and O–H groups in total. The van der Waals surface area contributed by atoms with Gasteiger partial charge in [-0.15, -0.1) is 0 Å². The molecule has 2 heterocycles. The van der Waals surface area contributed by atoms with Gasteiger partial charge in [-0.1, -0.05) is 37.0 Å². The fourth-order valence-electron chi connectivity index (χ4n) is 2.26. The Morgan fingerprint density at radius 3 is 2.71 bits per heavy atom. The Morgan fingerprint density at radius 1 is 1.25 bits per heavy atom. The van der Waals surface area contributed by atoms with Crippen molar-refractivity contribution >= 4 is 46.1 Å². The summed E-state index contributed by atoms with van der Waals surface area (Å²) in [4.78, 5) is 25.3. The lowest BCUT2D eigenvalue weighted by atomic mass is 10.2. The molecule has 3 rings (SSSR count). The van der Waals surface area contributed by atoms with Crippen molar-refractivity contribution in [2.45, 2.75) is 19.8 Å². The highest BCUT2D eigenvalue weighted by molar-refractivity contribution is 6.34. The van der Waals surface area contributed by atoms with Crippen molar-refractivity contribution < 1.29 is 4.79 Å². The topological polar surface area (TPSA) is 72.7 Å². The Morgan fingerprint density at radius 2 is 2.00 bits per heavy atom. The maximum atomic E-state index is 12.5. The van der Waals surface area contributed by atoms with Crippen LogP contribution >= 0.6 is 23.2 Å². The molecule has 8 heteroatoms. The zero-order valence-corrected chi connectivity index (χ0v) is 14.9. The van der Waals surface area contributed by atoms with Gasteiger partial charge in [0.05, 0.1) is 22.3 Å². The molecule has 0 bridgehead atoms. The standard InChI is InChI=1S/C16H15Cl2N5O/c1-8(2)14-19-7-10(18)13(21-14)15(24)22-16-20-11-6-9(17)4-5-12(11)23(16)3/h4-8H,1-3H3,(H,20,22,24). The largest absolute Gasteiger partial charge is 0.313 e. The van der Waals surface area contributed by atoms with Crippen LogP contribution in [0.2, 0.25) is 10.0 Å². The quantitative estimate of drug-likeness (QED) is 0.761. The molecule has 0 saturated heterocycles. The number of nitrogens with one attached hydrogen (secondary N) is 1. The average molecular weight is 364 g/mol. The normalized spacial score (nSPS) is 11.2. The number of fused-ring (bicyclic) bond motifs is 1. The maximum Gasteiger partial charge on any atom is 0.278 e. The predicted octanol–water partition coefficient (Wildman–Crippen LogP) is 4.05. The molecule has 3 aromatic rings. The van der Waals surface area contributed by atoms with E-state index in [1.54, 1.807) is 23.7 Å². The van der Waals surface area contributed by atoms with Gasteiger partial charge in [-0.2, -0.15) is 0 Å². The second-order valence-electron chi connectivity index (χ2n) is 5.66. The summed E-state index contributed by atoms with van der Waals surface area (Å²) in [5.41, 5.74) is 1.67. The fourth-order valence-corrected chi connectivity index (χ4v) is 2.61. The van der Waals surface area contributed by atoms with E-state index in [1.807, 2.05) is 19.9 Å². The number of aryl methyl sites for hydroxylation is 1. The summed E-state index contributed by atoms with van der Waals surface area (Å²) < 4.78 is 1.77. The number of rotatable bonds is 3. The highest BCUT2D eigenvalue weighted by Crippen LogP contribution is 2.23. The number of amides is 1. The van der Waals surface area contributed by atoms with Crippen molar-refractivity contribution in [3.8, 4) is 0 Å². The van der Waals surface area contributed by atoms with Gasteiger partial charge in [0.25, 0.3) is 5.91 Å². The van der Waals surface area contributed by atoms with Crippen molar-refractivity contribution in [1.29, 1.82) is 0 Å². The molecule has 1 aromatic carbocycles. The van der Waals surface area contributed by atoms with Gasteiger partial charge in [0.2, 0.25) is 5.95 Å². The average Bonchev–Trinajstić information content (AvgIpc) is 2.82. The first kappa shape index (κ1) is 16.7. The van der Waals surface area contributed by atoms with Gasteiger partial charge in [-0.3, -0.25) is 10.1 Å². The van der Waals surface area contributed by atoms with Crippen LogP contribution in [0.3, 0.4) is 0 Å². The number of hydrogen-bond donors (Lipinski definition) is 1. The minimum Gasteiger partial charge on any atom is -0.313 e. The monoisotopic (exact) mass is 363 g/mol. The Bertz CT molecular complexity index is 936. The number of benzene rings is 1. The lowest BCUT2D eigenvalue weighted by molar-refractivity contribution is 0.102. The Kier molecular flexibility index (Phi) is 4.43. The smallest absolute Gasteiger partial charge is 0.278 e. The molecule has 0 atom stereocenters. The molecular weight excluding hydrogens is 349 g/mol. The van der Waals surface area contributed by atoms with Crippen molar-refractivity contribution in [3.05, 3.63) is 46.0 Å². The van der Waals surface area contributed by atoms with E-state index < -0.39 is 5.91 Å². The predicted molar refractivity (Wildman–Crippen MR) is 94.8 cm³/mol. The van der Waals surface area contributed by atoms with Crippen molar-refractivity contribution in [2.75, 3.05) is 5.32 Å². The van der Waals surface area contributed by atoms with Gasteiger partial charge in [0.1, 0.15) is 5.82 Å². The molecule has 0 unspecified atom stereocenters. The first-order valence-corrected chi connectivity index (χ1v) is 8.08. The van der Waals surface area contributed by atoms with Crippen LogP contribution in [0.1, 0.15) is 36.1 Å². The van der Waals surface area contributed by atoms with Crippen molar-refractivity contribution in [1.82, 2.24) is 19.5 Å². The molecule has 0 aliphatic heterocycles. The van der Waals surface area contributed by atoms with Gasteiger partial charge in [-0.05, 0) is 18.2 Å². The number of nitrogens with zero attached hydrogens (tertiary/aromatic N) is 4. The number of anilines is 1. The number of imidazole rings is 1. The van der Waals surface area contributed by atoms with E-state index in [2.05, 4.69) is 20.3 Å². The Labute approximate surface area is 148 Å². The van der Waals surface area contributed by atoms with Gasteiger partial charge in [0.15, 0.2) is 5.69 Å². The third-order valence-electron chi connectivity index (χ3n) is 3.56. The second kappa shape index (κ2) is 6.37. The second-order valence-corrected chi connectivity index (χ2v) is 6.50. The van der Waals surface area contributed by atoms with Gasteiger partial charge in [0, 0.05) is 18.0 Å². The van der Waals surface area contributed by atoms with E-state index in [9.17, 15) is 4.79 Å². The number of aromatic nitrogens is 4. The fraction of sp³-hybridized carbons (Fsp3) is 0.250. The third kappa shape index (κ3) is 3.07. The van der Waals surface area contributed by atoms with E-state index >= 15 is 0 Å². The summed E-state index contributed by atoms with van der Waals surface area (Å²) in [5, 5.41) is 3.51. The molecule has 24 heavy (non-hydrogen) atoms. The van der Waals surface area contributed by atoms with E-state index in [-0.39, 0.29) is 16.6 Å². The lowest BCUT2D eigenvalue weighted by Crippen LogP contribution is -2.18. The molecule has 0 fully saturated rings. The van der Waals surface area contributed by atoms with Crippen LogP contribution < -0.4 is 5.32 Å². The molecule has 0 aliphatic rings. The molecule has 0 saturated carbocycles. The first-order chi connectivity index (χ1) is 11.4. The summed E-state index contributed by atoms with van der Waals surface area (Å²) in [5.74, 6) is 0.597. The lowest BCUT2D eigenvalue weighted by Gasteiger charge is -2.08. The number of carbonyl (C=O) groups excluding carboxylic acids is 1. The molecule has 0 aliphatic carbocycles. The van der Waals surface area contributed by atoms with Gasteiger partial charge >= 0.3 is 0 Å². The van der Waals surface area contributed by atoms with Crippen molar-refractivity contribution in [2.24, 2.45) is 7.05 Å². The molecule has 124 valence electrons. The van der Waals surface area contributed by atoms with E-state index in [4.69, 9.17) is 23.2 Å². The van der Waals surface area contributed by atoms with Gasteiger partial charge in [-0.25, -0.2) is 15.0 Å². The summed E-state index contributed by atoms with van der Waals surface area (Å²) in [6.07, 6.45) is 1.44. The highest BCUT2D eigenvalue weighted by atomic mass is 35.5. The summed E-state index contributed by atoms with van der Waals surface area (Å²) in [7, 11) is 1.81. The van der Waals surface area contributed by atoms with Crippen LogP contribution in [0.15, 0.2) is 24.4 Å². The Hall–Kier alpha value is -2.18. The molecule has 1 amide bonds. The maximum absolute atomic E-state index is 12.5. The van der Waals surface area contributed by atoms with E-state index in [0.29, 0.717) is 22.3 Å². The zero-order chi connectivity index (χ0) is 17.4. The minimum atomic E-state index is -0.436. The van der Waals surface area contributed by atoms with E-state index in [0.717, 1.165) is 5.52 Å². The van der Waals surface area contributed by atoms with Crippen molar-refractivity contribution in [3.63, 3.8) is 0 Å². The van der Waals surface area contributed by atoms with Crippen LogP contribution in [-0.2, 0) is 7.05 Å². The van der Waals surface area contributed by atoms with Crippen LogP contribution in [0.25, 0.3) is 11.0 Å². The summed E-state index contributed by atoms with van der Waals surface area (Å²) in [6.45, 7) is 3.89. The van der Waals surface area contributed by atoms with Crippen LogP contribution in [0.4, 0.5) is 5.95 Å². The number of halogens is 2. The number of hydrogen-bond acceptors (Lipinski definition) is 4.